The molecule has 0 aliphatic heterocycles. The first-order chi connectivity index (χ1) is 9.74. The molecule has 2 fully saturated rings. The lowest BCUT2D eigenvalue weighted by Gasteiger charge is -2.15. The topological polar surface area (TPSA) is 70.1 Å². The third-order valence-corrected chi connectivity index (χ3v) is 4.18. The predicted molar refractivity (Wildman–Crippen MR) is 80.0 cm³/mol. The smallest absolute Gasteiger partial charge is 0.136 e. The van der Waals surface area contributed by atoms with Gasteiger partial charge < -0.3 is 15.7 Å². The molecule has 5 nitrogen and oxygen atoms in total. The van der Waals surface area contributed by atoms with Crippen molar-refractivity contribution >= 4 is 11.6 Å². The van der Waals surface area contributed by atoms with Gasteiger partial charge in [0.2, 0.25) is 0 Å². The van der Waals surface area contributed by atoms with Gasteiger partial charge in [-0.05, 0) is 32.1 Å². The monoisotopic (exact) mass is 276 g/mol. The van der Waals surface area contributed by atoms with Crippen molar-refractivity contribution in [1.29, 1.82) is 0 Å². The lowest BCUT2D eigenvalue weighted by Crippen LogP contribution is -2.20. The van der Waals surface area contributed by atoms with Gasteiger partial charge in [0, 0.05) is 30.5 Å². The van der Waals surface area contributed by atoms with E-state index in [1.807, 2.05) is 6.07 Å². The zero-order valence-corrected chi connectivity index (χ0v) is 12.2. The van der Waals surface area contributed by atoms with E-state index in [0.29, 0.717) is 5.92 Å². The molecule has 2 aliphatic carbocycles. The van der Waals surface area contributed by atoms with Crippen LogP contribution in [0.4, 0.5) is 11.6 Å². The van der Waals surface area contributed by atoms with Gasteiger partial charge in [-0.2, -0.15) is 0 Å². The summed E-state index contributed by atoms with van der Waals surface area (Å²) in [6.45, 7) is 4.15. The van der Waals surface area contributed by atoms with Crippen molar-refractivity contribution in [2.75, 3.05) is 30.3 Å². The molecular weight excluding hydrogens is 252 g/mol. The normalized spacial score (nSPS) is 19.7. The van der Waals surface area contributed by atoms with Crippen LogP contribution in [0.3, 0.4) is 0 Å². The second kappa shape index (κ2) is 5.56. The van der Waals surface area contributed by atoms with E-state index in [1.54, 1.807) is 0 Å². The van der Waals surface area contributed by atoms with Gasteiger partial charge in [-0.3, -0.25) is 0 Å². The van der Waals surface area contributed by atoms with Crippen molar-refractivity contribution in [2.45, 2.75) is 44.9 Å². The molecule has 0 saturated heterocycles. The molecule has 0 unspecified atom stereocenters. The van der Waals surface area contributed by atoms with E-state index >= 15 is 0 Å². The number of nitrogens with zero attached hydrogens (tertiary/aromatic N) is 2. The molecule has 0 bridgehead atoms. The van der Waals surface area contributed by atoms with Crippen molar-refractivity contribution in [3.63, 3.8) is 0 Å². The highest BCUT2D eigenvalue weighted by Gasteiger charge is 2.41. The van der Waals surface area contributed by atoms with E-state index in [4.69, 9.17) is 0 Å². The minimum absolute atomic E-state index is 0.0989. The molecule has 0 aromatic carbocycles. The van der Waals surface area contributed by atoms with Crippen molar-refractivity contribution < 1.29 is 5.11 Å². The molecule has 110 valence electrons. The molecule has 1 aromatic rings. The fourth-order valence-electron chi connectivity index (χ4n) is 2.27. The van der Waals surface area contributed by atoms with Gasteiger partial charge in [0.1, 0.15) is 17.5 Å². The second-order valence-electron chi connectivity index (χ2n) is 6.21. The largest absolute Gasteiger partial charge is 0.396 e. The Hall–Kier alpha value is -1.36. The summed E-state index contributed by atoms with van der Waals surface area (Å²) >= 11 is 0. The summed E-state index contributed by atoms with van der Waals surface area (Å²) in [6, 6.07) is 1.98. The Morgan fingerprint density at radius 1 is 1.25 bits per heavy atom. The molecule has 1 heterocycles. The van der Waals surface area contributed by atoms with Crippen LogP contribution in [-0.4, -0.2) is 34.8 Å². The summed E-state index contributed by atoms with van der Waals surface area (Å²) in [6.07, 6.45) is 5.71. The first kappa shape index (κ1) is 13.6. The predicted octanol–water partition coefficient (Wildman–Crippen LogP) is 2.36. The molecule has 5 heteroatoms. The molecule has 2 saturated carbocycles. The van der Waals surface area contributed by atoms with Crippen molar-refractivity contribution in [2.24, 2.45) is 5.41 Å². The van der Waals surface area contributed by atoms with E-state index in [1.165, 1.54) is 12.8 Å². The Morgan fingerprint density at radius 3 is 2.50 bits per heavy atom. The van der Waals surface area contributed by atoms with Crippen LogP contribution >= 0.6 is 0 Å². The zero-order chi connectivity index (χ0) is 14.0. The first-order valence-corrected chi connectivity index (χ1v) is 7.72. The van der Waals surface area contributed by atoms with Gasteiger partial charge in [-0.25, -0.2) is 9.97 Å². The number of aromatic nitrogens is 2. The average Bonchev–Trinajstić information content (AvgIpc) is 3.37. The number of hydrogen-bond donors (Lipinski definition) is 3. The highest BCUT2D eigenvalue weighted by Crippen LogP contribution is 2.45. The number of aliphatic hydroxyl groups excluding tert-OH is 1. The standard InChI is InChI=1S/C15H24N4O/c1-2-7-16-12-8-13(17-9-15(10-20)5-6-15)19-14(18-12)11-3-4-11/h8,11,20H,2-7,9-10H2,1H3,(H2,16,17,18,19). The Kier molecular flexibility index (Phi) is 3.78. The number of nitrogens with one attached hydrogen (secondary N) is 2. The Labute approximate surface area is 120 Å². The van der Waals surface area contributed by atoms with Gasteiger partial charge in [-0.15, -0.1) is 0 Å². The van der Waals surface area contributed by atoms with Crippen LogP contribution in [0.1, 0.15) is 50.8 Å². The Bertz CT molecular complexity index is 469. The average molecular weight is 276 g/mol. The summed E-state index contributed by atoms with van der Waals surface area (Å²) in [7, 11) is 0. The maximum Gasteiger partial charge on any atom is 0.136 e. The van der Waals surface area contributed by atoms with Crippen molar-refractivity contribution in [3.05, 3.63) is 11.9 Å². The highest BCUT2D eigenvalue weighted by atomic mass is 16.3. The van der Waals surface area contributed by atoms with Gasteiger partial charge >= 0.3 is 0 Å². The molecule has 3 rings (SSSR count). The maximum absolute atomic E-state index is 9.37. The number of anilines is 2. The maximum atomic E-state index is 9.37. The molecule has 1 aromatic heterocycles. The number of rotatable bonds is 8. The van der Waals surface area contributed by atoms with Crippen LogP contribution in [-0.2, 0) is 0 Å². The minimum atomic E-state index is 0.0989. The Morgan fingerprint density at radius 2 is 1.95 bits per heavy atom. The lowest BCUT2D eigenvalue weighted by atomic mass is 10.1. The summed E-state index contributed by atoms with van der Waals surface area (Å²) in [5.41, 5.74) is 0.0989. The first-order valence-electron chi connectivity index (χ1n) is 7.72. The number of hydrogen-bond acceptors (Lipinski definition) is 5. The fourth-order valence-corrected chi connectivity index (χ4v) is 2.27. The third kappa shape index (κ3) is 3.20. The van der Waals surface area contributed by atoms with Crippen molar-refractivity contribution in [3.8, 4) is 0 Å². The molecule has 0 atom stereocenters. The molecule has 0 amide bonds. The molecule has 3 N–H and O–H groups in total. The van der Waals surface area contributed by atoms with Crippen LogP contribution in [0.2, 0.25) is 0 Å². The van der Waals surface area contributed by atoms with Crippen LogP contribution < -0.4 is 10.6 Å². The summed E-state index contributed by atoms with van der Waals surface area (Å²) < 4.78 is 0. The van der Waals surface area contributed by atoms with E-state index in [9.17, 15) is 5.11 Å². The van der Waals surface area contributed by atoms with Gasteiger partial charge in [0.15, 0.2) is 0 Å². The van der Waals surface area contributed by atoms with Gasteiger partial charge in [0.05, 0.1) is 6.61 Å². The second-order valence-corrected chi connectivity index (χ2v) is 6.21. The van der Waals surface area contributed by atoms with Crippen molar-refractivity contribution in [1.82, 2.24) is 9.97 Å². The molecule has 20 heavy (non-hydrogen) atoms. The fraction of sp³-hybridized carbons (Fsp3) is 0.733. The van der Waals surface area contributed by atoms with E-state index in [-0.39, 0.29) is 12.0 Å². The molecule has 0 radical (unpaired) electrons. The minimum Gasteiger partial charge on any atom is -0.396 e. The molecular formula is C15H24N4O. The van der Waals surface area contributed by atoms with Crippen LogP contribution in [0.25, 0.3) is 0 Å². The number of aliphatic hydroxyl groups is 1. The quantitative estimate of drug-likeness (QED) is 0.680. The van der Waals surface area contributed by atoms with Gasteiger partial charge in [0.25, 0.3) is 0 Å². The third-order valence-electron chi connectivity index (χ3n) is 4.18. The van der Waals surface area contributed by atoms with Crippen LogP contribution in [0.15, 0.2) is 6.07 Å². The van der Waals surface area contributed by atoms with E-state index in [2.05, 4.69) is 27.5 Å². The Balaban J connectivity index is 1.69. The SMILES string of the molecule is CCCNc1cc(NCC2(CO)CC2)nc(C2CC2)n1. The highest BCUT2D eigenvalue weighted by molar-refractivity contribution is 5.48. The van der Waals surface area contributed by atoms with E-state index in [0.717, 1.165) is 49.8 Å². The van der Waals surface area contributed by atoms with Gasteiger partial charge in [-0.1, -0.05) is 6.92 Å². The summed E-state index contributed by atoms with van der Waals surface area (Å²) in [4.78, 5) is 9.23. The summed E-state index contributed by atoms with van der Waals surface area (Å²) in [5, 5.41) is 16.1. The van der Waals surface area contributed by atoms with Crippen LogP contribution in [0, 0.1) is 5.41 Å². The lowest BCUT2D eigenvalue weighted by molar-refractivity contribution is 0.219. The summed E-state index contributed by atoms with van der Waals surface area (Å²) in [5.74, 6) is 3.31. The molecule has 2 aliphatic rings. The van der Waals surface area contributed by atoms with Crippen LogP contribution in [0.5, 0.6) is 0 Å². The molecule has 0 spiro atoms. The van der Waals surface area contributed by atoms with E-state index < -0.39 is 0 Å². The zero-order valence-electron chi connectivity index (χ0n) is 12.2.